The first-order valence-corrected chi connectivity index (χ1v) is 8.00. The van der Waals surface area contributed by atoms with E-state index in [0.29, 0.717) is 16.7 Å². The van der Waals surface area contributed by atoms with Crippen LogP contribution in [0.5, 0.6) is 0 Å². The van der Waals surface area contributed by atoms with Gasteiger partial charge in [-0.1, -0.05) is 17.7 Å². The molecule has 23 heavy (non-hydrogen) atoms. The number of halogens is 3. The predicted octanol–water partition coefficient (Wildman–Crippen LogP) is 3.65. The number of benzene rings is 1. The fourth-order valence-corrected chi connectivity index (χ4v) is 3.07. The van der Waals surface area contributed by atoms with Crippen LogP contribution >= 0.6 is 34.2 Å². The van der Waals surface area contributed by atoms with Crippen molar-refractivity contribution in [3.63, 3.8) is 0 Å². The highest BCUT2D eigenvalue weighted by molar-refractivity contribution is 14.1. The second-order valence-corrected chi connectivity index (χ2v) is 6.62. The van der Waals surface area contributed by atoms with Crippen molar-refractivity contribution in [2.45, 2.75) is 6.42 Å². The molecule has 3 aromatic rings. The quantitative estimate of drug-likeness (QED) is 0.625. The minimum Gasteiger partial charge on any atom is -0.476 e. The van der Waals surface area contributed by atoms with Crippen molar-refractivity contribution < 1.29 is 14.3 Å². The number of nitrogens with zero attached hydrogens (tertiary/aromatic N) is 3. The molecular weight excluding hydrogens is 436 g/mol. The number of aromatic nitrogens is 3. The summed E-state index contributed by atoms with van der Waals surface area (Å²) in [6.07, 6.45) is 1.53. The Balaban J connectivity index is 2.21. The van der Waals surface area contributed by atoms with Crippen molar-refractivity contribution in [1.82, 2.24) is 14.5 Å². The lowest BCUT2D eigenvalue weighted by Gasteiger charge is -2.10. The van der Waals surface area contributed by atoms with Gasteiger partial charge in [-0.15, -0.1) is 0 Å². The van der Waals surface area contributed by atoms with Gasteiger partial charge in [-0.05, 0) is 40.3 Å². The molecule has 0 saturated carbocycles. The van der Waals surface area contributed by atoms with Gasteiger partial charge in [-0.3, -0.25) is 0 Å². The van der Waals surface area contributed by atoms with Gasteiger partial charge in [0.15, 0.2) is 11.3 Å². The Morgan fingerprint density at radius 2 is 2.22 bits per heavy atom. The van der Waals surface area contributed by atoms with Gasteiger partial charge in [0, 0.05) is 22.6 Å². The number of imidazole rings is 1. The number of hydrogen-bond acceptors (Lipinski definition) is 3. The molecule has 5 nitrogen and oxygen atoms in total. The molecule has 2 aromatic heterocycles. The van der Waals surface area contributed by atoms with Crippen LogP contribution in [0.2, 0.25) is 5.02 Å². The summed E-state index contributed by atoms with van der Waals surface area (Å²) >= 11 is 8.34. The van der Waals surface area contributed by atoms with E-state index in [-0.39, 0.29) is 22.7 Å². The first-order chi connectivity index (χ1) is 10.9. The van der Waals surface area contributed by atoms with Gasteiger partial charge >= 0.3 is 5.97 Å². The summed E-state index contributed by atoms with van der Waals surface area (Å²) in [7, 11) is 1.70. The number of aromatic carboxylic acids is 1. The summed E-state index contributed by atoms with van der Waals surface area (Å²) < 4.78 is 16.4. The van der Waals surface area contributed by atoms with Crippen molar-refractivity contribution in [3.05, 3.63) is 55.8 Å². The molecule has 0 fully saturated rings. The fourth-order valence-electron chi connectivity index (χ4n) is 2.32. The van der Waals surface area contributed by atoms with E-state index in [4.69, 9.17) is 11.6 Å². The van der Waals surface area contributed by atoms with Gasteiger partial charge in [0.05, 0.1) is 11.3 Å². The number of pyridine rings is 1. The highest BCUT2D eigenvalue weighted by atomic mass is 127. The minimum atomic E-state index is -1.21. The lowest BCUT2D eigenvalue weighted by atomic mass is 10.0. The molecule has 118 valence electrons. The van der Waals surface area contributed by atoms with Crippen LogP contribution < -0.4 is 0 Å². The second kappa shape index (κ2) is 6.04. The van der Waals surface area contributed by atoms with Crippen molar-refractivity contribution in [3.8, 4) is 0 Å². The summed E-state index contributed by atoms with van der Waals surface area (Å²) in [6.45, 7) is 0. The summed E-state index contributed by atoms with van der Waals surface area (Å²) in [5, 5.41) is 9.61. The van der Waals surface area contributed by atoms with Gasteiger partial charge in [-0.2, -0.15) is 0 Å². The van der Waals surface area contributed by atoms with E-state index in [9.17, 15) is 14.3 Å². The van der Waals surface area contributed by atoms with Gasteiger partial charge in [0.1, 0.15) is 11.3 Å². The summed E-state index contributed by atoms with van der Waals surface area (Å²) in [5.41, 5.74) is 1.20. The Bertz CT molecular complexity index is 942. The van der Waals surface area contributed by atoms with E-state index >= 15 is 0 Å². The van der Waals surface area contributed by atoms with E-state index in [1.54, 1.807) is 23.7 Å². The summed E-state index contributed by atoms with van der Waals surface area (Å²) in [5.74, 6) is -1.62. The number of rotatable bonds is 3. The molecule has 2 heterocycles. The van der Waals surface area contributed by atoms with E-state index in [1.807, 2.05) is 22.6 Å². The Hall–Kier alpha value is -1.74. The second-order valence-electron chi connectivity index (χ2n) is 5.00. The smallest absolute Gasteiger partial charge is 0.354 e. The number of carboxylic acids is 1. The van der Waals surface area contributed by atoms with Gasteiger partial charge in [-0.25, -0.2) is 19.2 Å². The molecule has 1 N–H and O–H groups in total. The highest BCUT2D eigenvalue weighted by Gasteiger charge is 2.22. The van der Waals surface area contributed by atoms with E-state index in [2.05, 4.69) is 9.97 Å². The van der Waals surface area contributed by atoms with Crippen LogP contribution in [0.3, 0.4) is 0 Å². The standard InChI is InChI=1S/C15H10ClFIN3O2/c1-21-6-19-13-11(16)9(12(15(22)23)20-14(13)21)4-7-2-3-8(18)5-10(7)17/h2-3,5-6H,4H2,1H3,(H,22,23). The average molecular weight is 446 g/mol. The molecule has 1 aromatic carbocycles. The maximum Gasteiger partial charge on any atom is 0.354 e. The SMILES string of the molecule is Cn1cnc2c(Cl)c(Cc3ccc(I)cc3F)c(C(=O)O)nc21. The minimum absolute atomic E-state index is 0.0305. The van der Waals surface area contributed by atoms with E-state index < -0.39 is 11.8 Å². The number of hydrogen-bond donors (Lipinski definition) is 1. The van der Waals surface area contributed by atoms with Crippen LogP contribution in [0, 0.1) is 9.39 Å². The first kappa shape index (κ1) is 16.1. The van der Waals surface area contributed by atoms with Crippen molar-refractivity contribution >= 4 is 51.3 Å². The van der Waals surface area contributed by atoms with E-state index in [0.717, 1.165) is 3.57 Å². The van der Waals surface area contributed by atoms with Crippen LogP contribution in [0.15, 0.2) is 24.5 Å². The number of carboxylic acid groups (broad SMARTS) is 1. The maximum atomic E-state index is 14.1. The van der Waals surface area contributed by atoms with Crippen LogP contribution in [0.1, 0.15) is 21.6 Å². The molecule has 0 bridgehead atoms. The highest BCUT2D eigenvalue weighted by Crippen LogP contribution is 2.30. The molecule has 3 rings (SSSR count). The lowest BCUT2D eigenvalue weighted by Crippen LogP contribution is -2.09. The zero-order valence-electron chi connectivity index (χ0n) is 11.8. The van der Waals surface area contributed by atoms with Gasteiger partial charge < -0.3 is 9.67 Å². The normalized spacial score (nSPS) is 11.1. The first-order valence-electron chi connectivity index (χ1n) is 6.55. The molecule has 0 atom stereocenters. The molecule has 0 amide bonds. The predicted molar refractivity (Wildman–Crippen MR) is 92.4 cm³/mol. The number of aryl methyl sites for hydroxylation is 1. The largest absolute Gasteiger partial charge is 0.476 e. The van der Waals surface area contributed by atoms with Crippen molar-refractivity contribution in [2.75, 3.05) is 0 Å². The molecule has 0 saturated heterocycles. The van der Waals surface area contributed by atoms with Crippen LogP contribution in [-0.2, 0) is 13.5 Å². The van der Waals surface area contributed by atoms with E-state index in [1.165, 1.54) is 12.4 Å². The third-order valence-corrected chi connectivity index (χ3v) is 4.55. The molecule has 0 unspecified atom stereocenters. The number of fused-ring (bicyclic) bond motifs is 1. The molecule has 0 aliphatic carbocycles. The van der Waals surface area contributed by atoms with Crippen molar-refractivity contribution in [1.29, 1.82) is 0 Å². The Labute approximate surface area is 149 Å². The lowest BCUT2D eigenvalue weighted by molar-refractivity contribution is 0.0689. The summed E-state index contributed by atoms with van der Waals surface area (Å²) in [4.78, 5) is 19.8. The van der Waals surface area contributed by atoms with Crippen LogP contribution in [-0.4, -0.2) is 25.6 Å². The number of carbonyl (C=O) groups is 1. The van der Waals surface area contributed by atoms with Gasteiger partial charge in [0.25, 0.3) is 0 Å². The third-order valence-electron chi connectivity index (χ3n) is 3.47. The Kier molecular flexibility index (Phi) is 4.24. The van der Waals surface area contributed by atoms with Crippen LogP contribution in [0.25, 0.3) is 11.2 Å². The fraction of sp³-hybridized carbons (Fsp3) is 0.133. The Morgan fingerprint density at radius 1 is 1.48 bits per heavy atom. The molecular formula is C15H10ClFIN3O2. The molecule has 0 aliphatic heterocycles. The molecule has 8 heteroatoms. The summed E-state index contributed by atoms with van der Waals surface area (Å²) in [6, 6.07) is 4.75. The topological polar surface area (TPSA) is 68.0 Å². The third kappa shape index (κ3) is 2.90. The zero-order valence-corrected chi connectivity index (χ0v) is 14.8. The van der Waals surface area contributed by atoms with Crippen molar-refractivity contribution in [2.24, 2.45) is 7.05 Å². The average Bonchev–Trinajstić information content (AvgIpc) is 2.85. The molecule has 0 spiro atoms. The van der Waals surface area contributed by atoms with Gasteiger partial charge in [0.2, 0.25) is 0 Å². The Morgan fingerprint density at radius 3 is 2.87 bits per heavy atom. The van der Waals surface area contributed by atoms with Crippen LogP contribution in [0.4, 0.5) is 4.39 Å². The monoisotopic (exact) mass is 445 g/mol. The molecule has 0 aliphatic rings. The molecule has 0 radical (unpaired) electrons. The maximum absolute atomic E-state index is 14.1. The zero-order chi connectivity index (χ0) is 16.7.